The first-order chi connectivity index (χ1) is 10.9. The molecule has 2 rings (SSSR count). The lowest BCUT2D eigenvalue weighted by Crippen LogP contribution is -2.16. The molecule has 0 atom stereocenters. The molecule has 6 nitrogen and oxygen atoms in total. The maximum absolute atomic E-state index is 12.9. The van der Waals surface area contributed by atoms with Gasteiger partial charge in [0.05, 0.1) is 17.2 Å². The SMILES string of the molecule is Cc1nc(Cn2nc(C(F)(F)F)cc2C(F)(F)F)ccc1[N+](=O)[O-]. The van der Waals surface area contributed by atoms with Gasteiger partial charge < -0.3 is 0 Å². The van der Waals surface area contributed by atoms with Crippen LogP contribution >= 0.6 is 0 Å². The molecule has 0 amide bonds. The minimum absolute atomic E-state index is 0.0748. The summed E-state index contributed by atoms with van der Waals surface area (Å²) < 4.78 is 76.5. The first kappa shape index (κ1) is 17.7. The zero-order chi connectivity index (χ0) is 18.3. The predicted octanol–water partition coefficient (Wildman–Crippen LogP) is 3.58. The average molecular weight is 354 g/mol. The van der Waals surface area contributed by atoms with Crippen LogP contribution in [0.4, 0.5) is 32.0 Å². The molecule has 0 bridgehead atoms. The third-order valence-electron chi connectivity index (χ3n) is 2.98. The molecule has 0 N–H and O–H groups in total. The van der Waals surface area contributed by atoms with Crippen molar-refractivity contribution in [3.8, 4) is 0 Å². The molecule has 0 aliphatic heterocycles. The van der Waals surface area contributed by atoms with E-state index >= 15 is 0 Å². The van der Waals surface area contributed by atoms with Crippen molar-refractivity contribution in [1.29, 1.82) is 0 Å². The Bertz CT molecular complexity index is 781. The number of halogens is 6. The monoisotopic (exact) mass is 354 g/mol. The van der Waals surface area contributed by atoms with E-state index in [0.717, 1.165) is 12.1 Å². The Morgan fingerprint density at radius 3 is 2.25 bits per heavy atom. The van der Waals surface area contributed by atoms with E-state index in [1.807, 2.05) is 0 Å². The lowest BCUT2D eigenvalue weighted by Gasteiger charge is -2.10. The molecule has 0 aliphatic carbocycles. The fraction of sp³-hybridized carbons (Fsp3) is 0.333. The van der Waals surface area contributed by atoms with Crippen molar-refractivity contribution in [3.05, 3.63) is 51.1 Å². The topological polar surface area (TPSA) is 73.8 Å². The molecular formula is C12H8F6N4O2. The molecule has 0 fully saturated rings. The Balaban J connectivity index is 2.44. The summed E-state index contributed by atoms with van der Waals surface area (Å²) in [4.78, 5) is 13.7. The summed E-state index contributed by atoms with van der Waals surface area (Å²) in [6, 6.07) is 1.97. The quantitative estimate of drug-likeness (QED) is 0.480. The van der Waals surface area contributed by atoms with Crippen molar-refractivity contribution in [2.75, 3.05) is 0 Å². The summed E-state index contributed by atoms with van der Waals surface area (Å²) in [5, 5.41) is 13.6. The fourth-order valence-electron chi connectivity index (χ4n) is 1.94. The molecule has 0 aromatic carbocycles. The number of nitro groups is 1. The van der Waals surface area contributed by atoms with Crippen LogP contribution in [0.25, 0.3) is 0 Å². The predicted molar refractivity (Wildman–Crippen MR) is 67.0 cm³/mol. The van der Waals surface area contributed by atoms with Crippen LogP contribution in [0.3, 0.4) is 0 Å². The third kappa shape index (κ3) is 3.63. The molecule has 2 aromatic heterocycles. The molecule has 2 heterocycles. The Morgan fingerprint density at radius 1 is 1.17 bits per heavy atom. The molecule has 24 heavy (non-hydrogen) atoms. The van der Waals surface area contributed by atoms with Crippen LogP contribution in [0.1, 0.15) is 22.8 Å². The summed E-state index contributed by atoms with van der Waals surface area (Å²) in [6.45, 7) is 0.542. The molecule has 0 aliphatic rings. The van der Waals surface area contributed by atoms with E-state index < -0.39 is 35.2 Å². The Hall–Kier alpha value is -2.66. The smallest absolute Gasteiger partial charge is 0.258 e. The lowest BCUT2D eigenvalue weighted by atomic mass is 10.2. The zero-order valence-corrected chi connectivity index (χ0v) is 11.8. The zero-order valence-electron chi connectivity index (χ0n) is 11.8. The Morgan fingerprint density at radius 2 is 1.79 bits per heavy atom. The highest BCUT2D eigenvalue weighted by molar-refractivity contribution is 5.35. The van der Waals surface area contributed by atoms with E-state index in [1.165, 1.54) is 6.92 Å². The normalized spacial score (nSPS) is 12.5. The van der Waals surface area contributed by atoms with Crippen LogP contribution < -0.4 is 0 Å². The van der Waals surface area contributed by atoms with Gasteiger partial charge in [-0.1, -0.05) is 0 Å². The number of hydrogen-bond acceptors (Lipinski definition) is 4. The van der Waals surface area contributed by atoms with Gasteiger partial charge in [0.2, 0.25) is 0 Å². The van der Waals surface area contributed by atoms with E-state index in [4.69, 9.17) is 0 Å². The molecule has 2 aromatic rings. The molecule has 0 unspecified atom stereocenters. The first-order valence-electron chi connectivity index (χ1n) is 6.22. The molecular weight excluding hydrogens is 346 g/mol. The van der Waals surface area contributed by atoms with Crippen molar-refractivity contribution in [1.82, 2.24) is 14.8 Å². The van der Waals surface area contributed by atoms with Crippen molar-refractivity contribution >= 4 is 5.69 Å². The van der Waals surface area contributed by atoms with Gasteiger partial charge in [0.25, 0.3) is 5.69 Å². The maximum atomic E-state index is 12.9. The number of rotatable bonds is 3. The summed E-state index contributed by atoms with van der Waals surface area (Å²) in [5.74, 6) is 0. The fourth-order valence-corrected chi connectivity index (χ4v) is 1.94. The molecule has 0 saturated carbocycles. The highest BCUT2D eigenvalue weighted by Gasteiger charge is 2.41. The maximum Gasteiger partial charge on any atom is 0.435 e. The summed E-state index contributed by atoms with van der Waals surface area (Å²) in [7, 11) is 0. The van der Waals surface area contributed by atoms with Gasteiger partial charge >= 0.3 is 12.4 Å². The van der Waals surface area contributed by atoms with Gasteiger partial charge in [-0.05, 0) is 13.0 Å². The van der Waals surface area contributed by atoms with E-state index in [-0.39, 0.29) is 27.8 Å². The van der Waals surface area contributed by atoms with E-state index in [9.17, 15) is 36.5 Å². The van der Waals surface area contributed by atoms with Crippen molar-refractivity contribution in [3.63, 3.8) is 0 Å². The van der Waals surface area contributed by atoms with E-state index in [2.05, 4.69) is 10.1 Å². The number of aryl methyl sites for hydroxylation is 1. The number of aromatic nitrogens is 3. The van der Waals surface area contributed by atoms with Gasteiger partial charge in [-0.3, -0.25) is 14.8 Å². The second kappa shape index (κ2) is 5.76. The first-order valence-corrected chi connectivity index (χ1v) is 6.22. The largest absolute Gasteiger partial charge is 0.435 e. The van der Waals surface area contributed by atoms with Crippen molar-refractivity contribution in [2.45, 2.75) is 25.8 Å². The number of hydrogen-bond donors (Lipinski definition) is 0. The standard InChI is InChI=1S/C12H8F6N4O2/c1-6-8(22(23)24)3-2-7(19-6)5-21-10(12(16,17)18)4-9(20-21)11(13,14)15/h2-4H,5H2,1H3. The number of alkyl halides is 6. The van der Waals surface area contributed by atoms with E-state index in [1.54, 1.807) is 0 Å². The van der Waals surface area contributed by atoms with Crippen molar-refractivity contribution < 1.29 is 31.3 Å². The van der Waals surface area contributed by atoms with Crippen LogP contribution in [0.5, 0.6) is 0 Å². The summed E-state index contributed by atoms with van der Waals surface area (Å²) >= 11 is 0. The Labute approximate surface area is 129 Å². The van der Waals surface area contributed by atoms with Crippen LogP contribution in [0.2, 0.25) is 0 Å². The van der Waals surface area contributed by atoms with Gasteiger partial charge in [0, 0.05) is 12.1 Å². The summed E-state index contributed by atoms with van der Waals surface area (Å²) in [6.07, 6.45) is -10.1. The van der Waals surface area contributed by atoms with Crippen LogP contribution in [-0.2, 0) is 18.9 Å². The van der Waals surface area contributed by atoms with Crippen LogP contribution in [0, 0.1) is 17.0 Å². The minimum atomic E-state index is -5.05. The van der Waals surface area contributed by atoms with Gasteiger partial charge in [0.15, 0.2) is 5.69 Å². The van der Waals surface area contributed by atoms with Crippen LogP contribution in [-0.4, -0.2) is 19.7 Å². The highest BCUT2D eigenvalue weighted by atomic mass is 19.4. The lowest BCUT2D eigenvalue weighted by molar-refractivity contribution is -0.385. The second-order valence-corrected chi connectivity index (χ2v) is 4.73. The molecule has 0 radical (unpaired) electrons. The molecule has 0 saturated heterocycles. The average Bonchev–Trinajstić information content (AvgIpc) is 2.82. The van der Waals surface area contributed by atoms with Crippen molar-refractivity contribution in [2.24, 2.45) is 0 Å². The molecule has 12 heteroatoms. The van der Waals surface area contributed by atoms with Gasteiger partial charge in [-0.15, -0.1) is 0 Å². The highest BCUT2D eigenvalue weighted by Crippen LogP contribution is 2.35. The molecule has 0 spiro atoms. The minimum Gasteiger partial charge on any atom is -0.258 e. The number of nitrogens with zero attached hydrogens (tertiary/aromatic N) is 4. The third-order valence-corrected chi connectivity index (χ3v) is 2.98. The van der Waals surface area contributed by atoms with Gasteiger partial charge in [0.1, 0.15) is 11.4 Å². The van der Waals surface area contributed by atoms with Crippen LogP contribution in [0.15, 0.2) is 18.2 Å². The molecule has 130 valence electrons. The van der Waals surface area contributed by atoms with E-state index in [0.29, 0.717) is 0 Å². The second-order valence-electron chi connectivity index (χ2n) is 4.73. The van der Waals surface area contributed by atoms with Gasteiger partial charge in [-0.2, -0.15) is 31.4 Å². The number of pyridine rings is 1. The Kier molecular flexibility index (Phi) is 4.25. The summed E-state index contributed by atoms with van der Waals surface area (Å²) in [5.41, 5.74) is -3.80. The van der Waals surface area contributed by atoms with Gasteiger partial charge in [-0.25, -0.2) is 4.98 Å².